The molecule has 0 atom stereocenters. The Morgan fingerprint density at radius 3 is 2.46 bits per heavy atom. The summed E-state index contributed by atoms with van der Waals surface area (Å²) in [6, 6.07) is 14.3. The summed E-state index contributed by atoms with van der Waals surface area (Å²) in [7, 11) is 0. The maximum atomic E-state index is 12.2. The normalized spacial score (nSPS) is 11.1. The third kappa shape index (κ3) is 2.59. The number of hydrogen-bond acceptors (Lipinski definition) is 5. The lowest BCUT2D eigenvalue weighted by molar-refractivity contribution is 0.547. The monoisotopic (exact) mass is 338 g/mol. The number of benzene rings is 2. The van der Waals surface area contributed by atoms with Crippen LogP contribution >= 0.6 is 11.6 Å². The predicted molar refractivity (Wildman–Crippen MR) is 91.0 cm³/mol. The van der Waals surface area contributed by atoms with E-state index in [2.05, 4.69) is 10.2 Å². The highest BCUT2D eigenvalue weighted by atomic mass is 35.5. The minimum Gasteiger partial charge on any atom is -0.422 e. The molecule has 5 nitrogen and oxygen atoms in total. The van der Waals surface area contributed by atoms with Gasteiger partial charge in [0.15, 0.2) is 0 Å². The van der Waals surface area contributed by atoms with E-state index >= 15 is 0 Å². The van der Waals surface area contributed by atoms with Crippen LogP contribution in [-0.2, 0) is 0 Å². The molecule has 24 heavy (non-hydrogen) atoms. The lowest BCUT2D eigenvalue weighted by Crippen LogP contribution is -2.02. The first-order valence-electron chi connectivity index (χ1n) is 7.24. The molecule has 0 unspecified atom stereocenters. The van der Waals surface area contributed by atoms with E-state index < -0.39 is 5.63 Å². The summed E-state index contributed by atoms with van der Waals surface area (Å²) in [5.41, 5.74) is 2.03. The number of hydrogen-bond donors (Lipinski definition) is 0. The fourth-order valence-corrected chi connectivity index (χ4v) is 2.57. The van der Waals surface area contributed by atoms with E-state index in [-0.39, 0.29) is 11.5 Å². The molecule has 0 radical (unpaired) electrons. The number of rotatable bonds is 2. The lowest BCUT2D eigenvalue weighted by atomic mass is 10.1. The van der Waals surface area contributed by atoms with E-state index in [4.69, 9.17) is 20.4 Å². The Hall–Kier alpha value is -2.92. The summed E-state index contributed by atoms with van der Waals surface area (Å²) >= 11 is 5.98. The SMILES string of the molecule is Cc1ccc(-c2nnc(-c3cc4cc(Cl)ccc4oc3=O)o2)cc1. The molecule has 4 rings (SSSR count). The van der Waals surface area contributed by atoms with Crippen LogP contribution in [0, 0.1) is 6.92 Å². The van der Waals surface area contributed by atoms with Crippen LogP contribution in [-0.4, -0.2) is 10.2 Å². The van der Waals surface area contributed by atoms with Crippen molar-refractivity contribution in [2.24, 2.45) is 0 Å². The van der Waals surface area contributed by atoms with Gasteiger partial charge in [0.2, 0.25) is 5.89 Å². The van der Waals surface area contributed by atoms with Crippen molar-refractivity contribution in [2.45, 2.75) is 6.92 Å². The van der Waals surface area contributed by atoms with Gasteiger partial charge in [0.1, 0.15) is 11.1 Å². The average molecular weight is 339 g/mol. The molecule has 0 saturated heterocycles. The summed E-state index contributed by atoms with van der Waals surface area (Å²) in [5, 5.41) is 9.21. The summed E-state index contributed by atoms with van der Waals surface area (Å²) < 4.78 is 10.9. The molecule has 0 N–H and O–H groups in total. The van der Waals surface area contributed by atoms with Crippen LogP contribution in [0.25, 0.3) is 33.9 Å². The summed E-state index contributed by atoms with van der Waals surface area (Å²) in [4.78, 5) is 12.2. The van der Waals surface area contributed by atoms with Crippen LogP contribution in [0.3, 0.4) is 0 Å². The molecule has 0 fully saturated rings. The fraction of sp³-hybridized carbons (Fsp3) is 0.0556. The van der Waals surface area contributed by atoms with Gasteiger partial charge in [-0.25, -0.2) is 4.79 Å². The second-order valence-corrected chi connectivity index (χ2v) is 5.84. The van der Waals surface area contributed by atoms with Crippen molar-refractivity contribution in [1.29, 1.82) is 0 Å². The minimum absolute atomic E-state index is 0.112. The van der Waals surface area contributed by atoms with Crippen LogP contribution in [0.4, 0.5) is 0 Å². The largest absolute Gasteiger partial charge is 0.422 e. The summed E-state index contributed by atoms with van der Waals surface area (Å²) in [6.07, 6.45) is 0. The standard InChI is InChI=1S/C18H11ClN2O3/c1-10-2-4-11(5-3-10)16-20-21-17(24-16)14-9-12-8-13(19)6-7-15(12)23-18(14)22/h2-9H,1H3. The summed E-state index contributed by atoms with van der Waals surface area (Å²) in [5.74, 6) is 0.455. The van der Waals surface area contributed by atoms with Crippen LogP contribution in [0.2, 0.25) is 5.02 Å². The van der Waals surface area contributed by atoms with Crippen molar-refractivity contribution in [3.63, 3.8) is 0 Å². The van der Waals surface area contributed by atoms with Gasteiger partial charge < -0.3 is 8.83 Å². The van der Waals surface area contributed by atoms with Gasteiger partial charge in [-0.3, -0.25) is 0 Å². The Morgan fingerprint density at radius 1 is 0.917 bits per heavy atom. The highest BCUT2D eigenvalue weighted by Crippen LogP contribution is 2.25. The zero-order valence-corrected chi connectivity index (χ0v) is 13.4. The number of fused-ring (bicyclic) bond motifs is 1. The fourth-order valence-electron chi connectivity index (χ4n) is 2.39. The molecule has 6 heteroatoms. The Labute approximate surface area is 141 Å². The van der Waals surface area contributed by atoms with Crippen molar-refractivity contribution in [1.82, 2.24) is 10.2 Å². The first-order chi connectivity index (χ1) is 11.6. The third-order valence-corrected chi connectivity index (χ3v) is 3.88. The molecular weight excluding hydrogens is 328 g/mol. The molecule has 0 aliphatic heterocycles. The van der Waals surface area contributed by atoms with Crippen LogP contribution in [0.1, 0.15) is 5.56 Å². The average Bonchev–Trinajstić information content (AvgIpc) is 3.05. The van der Waals surface area contributed by atoms with Crippen LogP contribution < -0.4 is 5.63 Å². The van der Waals surface area contributed by atoms with Gasteiger partial charge in [-0.2, -0.15) is 0 Å². The van der Waals surface area contributed by atoms with Crippen molar-refractivity contribution in [3.05, 3.63) is 69.5 Å². The first-order valence-corrected chi connectivity index (χ1v) is 7.62. The summed E-state index contributed by atoms with van der Waals surface area (Å²) in [6.45, 7) is 1.99. The number of aryl methyl sites for hydroxylation is 1. The van der Waals surface area contributed by atoms with Crippen molar-refractivity contribution < 1.29 is 8.83 Å². The van der Waals surface area contributed by atoms with E-state index in [9.17, 15) is 4.79 Å². The van der Waals surface area contributed by atoms with Gasteiger partial charge >= 0.3 is 5.63 Å². The zero-order chi connectivity index (χ0) is 16.7. The van der Waals surface area contributed by atoms with Gasteiger partial charge in [0, 0.05) is 16.0 Å². The Morgan fingerprint density at radius 2 is 1.67 bits per heavy atom. The van der Waals surface area contributed by atoms with Crippen molar-refractivity contribution >= 4 is 22.6 Å². The van der Waals surface area contributed by atoms with Gasteiger partial charge in [0.05, 0.1) is 0 Å². The Kier molecular flexibility index (Phi) is 3.43. The van der Waals surface area contributed by atoms with Crippen molar-refractivity contribution in [3.8, 4) is 22.9 Å². The molecule has 2 aromatic heterocycles. The smallest absolute Gasteiger partial charge is 0.349 e. The maximum absolute atomic E-state index is 12.2. The molecule has 118 valence electrons. The minimum atomic E-state index is -0.538. The molecular formula is C18H11ClN2O3. The molecule has 0 aliphatic carbocycles. The molecule has 0 saturated carbocycles. The van der Waals surface area contributed by atoms with E-state index in [0.29, 0.717) is 21.9 Å². The quantitative estimate of drug-likeness (QED) is 0.504. The second kappa shape index (κ2) is 5.62. The molecule has 0 spiro atoms. The highest BCUT2D eigenvalue weighted by molar-refractivity contribution is 6.31. The van der Waals surface area contributed by atoms with E-state index in [0.717, 1.165) is 11.1 Å². The van der Waals surface area contributed by atoms with Gasteiger partial charge in [-0.15, -0.1) is 10.2 Å². The van der Waals surface area contributed by atoms with Crippen LogP contribution in [0.15, 0.2) is 62.2 Å². The van der Waals surface area contributed by atoms with Gasteiger partial charge in [-0.05, 0) is 43.3 Å². The topological polar surface area (TPSA) is 69.1 Å². The van der Waals surface area contributed by atoms with E-state index in [1.807, 2.05) is 31.2 Å². The van der Waals surface area contributed by atoms with Crippen molar-refractivity contribution in [2.75, 3.05) is 0 Å². The lowest BCUT2D eigenvalue weighted by Gasteiger charge is -1.99. The number of halogens is 1. The molecule has 0 bridgehead atoms. The first kappa shape index (κ1) is 14.7. The van der Waals surface area contributed by atoms with Gasteiger partial charge in [0.25, 0.3) is 5.89 Å². The molecule has 0 amide bonds. The highest BCUT2D eigenvalue weighted by Gasteiger charge is 2.16. The number of nitrogens with zero attached hydrogens (tertiary/aromatic N) is 2. The molecule has 0 aliphatic rings. The second-order valence-electron chi connectivity index (χ2n) is 5.41. The Bertz CT molecular complexity index is 1100. The van der Waals surface area contributed by atoms with Crippen LogP contribution in [0.5, 0.6) is 0 Å². The Balaban J connectivity index is 1.81. The maximum Gasteiger partial charge on any atom is 0.349 e. The molecule has 4 aromatic rings. The number of aromatic nitrogens is 2. The molecule has 2 heterocycles. The predicted octanol–water partition coefficient (Wildman–Crippen LogP) is 4.47. The third-order valence-electron chi connectivity index (χ3n) is 3.65. The zero-order valence-electron chi connectivity index (χ0n) is 12.6. The van der Waals surface area contributed by atoms with Gasteiger partial charge in [-0.1, -0.05) is 29.3 Å². The van der Waals surface area contributed by atoms with E-state index in [1.54, 1.807) is 24.3 Å². The van der Waals surface area contributed by atoms with E-state index in [1.165, 1.54) is 0 Å². The molecule has 2 aromatic carbocycles.